The van der Waals surface area contributed by atoms with Crippen LogP contribution in [0.5, 0.6) is 5.75 Å². The molecule has 1 aromatic rings. The van der Waals surface area contributed by atoms with Crippen molar-refractivity contribution in [1.82, 2.24) is 0 Å². The number of phenols is 1. The van der Waals surface area contributed by atoms with Gasteiger partial charge in [0.15, 0.2) is 18.9 Å². The zero-order chi connectivity index (χ0) is 28.3. The minimum absolute atomic E-state index is 0.0689. The number of esters is 1. The molecule has 0 aliphatic carbocycles. The number of phenolic OH excluding ortho intramolecular Hbond substituents is 1. The quantitative estimate of drug-likeness (QED) is 0.113. The summed E-state index contributed by atoms with van der Waals surface area (Å²) in [5.74, 6) is -0.695. The first-order valence-corrected chi connectivity index (χ1v) is 12.1. The van der Waals surface area contributed by atoms with Crippen LogP contribution in [0.15, 0.2) is 30.3 Å². The van der Waals surface area contributed by atoms with Crippen LogP contribution in [0.25, 0.3) is 6.08 Å². The molecule has 0 saturated carbocycles. The molecule has 4 rings (SSSR count). The van der Waals surface area contributed by atoms with Gasteiger partial charge in [0.1, 0.15) is 67.3 Å². The summed E-state index contributed by atoms with van der Waals surface area (Å²) < 4.78 is 31.7. The molecule has 218 valence electrons. The van der Waals surface area contributed by atoms with E-state index in [0.717, 1.165) is 6.08 Å². The topological polar surface area (TPSA) is 234 Å². The standard InChI is InChI=1S/C24H32O15/c25-11-4-1-10(2-5-11)3-6-15(27)34-8-13-17(29)19(31)24(38-13)39-21-12(26)7-36-23(20(21)32)37-14-9-35-22(33)18(30)16(14)28/h1-6,12-14,16-26,28-33H,7-9H2/b6-3+/t12-,13+,14-,16+,17+,18-,19-,20-,21+,22+,23+,24+/m1/s1. The molecule has 3 aliphatic rings. The zero-order valence-corrected chi connectivity index (χ0v) is 20.4. The first-order valence-electron chi connectivity index (χ1n) is 12.1. The summed E-state index contributed by atoms with van der Waals surface area (Å²) in [7, 11) is 0. The first kappa shape index (κ1) is 29.7. The van der Waals surface area contributed by atoms with Gasteiger partial charge >= 0.3 is 5.97 Å². The van der Waals surface area contributed by atoms with E-state index >= 15 is 0 Å². The van der Waals surface area contributed by atoms with E-state index in [1.54, 1.807) is 12.1 Å². The van der Waals surface area contributed by atoms with E-state index in [2.05, 4.69) is 0 Å². The second-order valence-corrected chi connectivity index (χ2v) is 9.32. The van der Waals surface area contributed by atoms with Crippen LogP contribution in [0.2, 0.25) is 0 Å². The van der Waals surface area contributed by atoms with Crippen LogP contribution >= 0.6 is 0 Å². The maximum absolute atomic E-state index is 12.0. The molecule has 1 aromatic carbocycles. The van der Waals surface area contributed by atoms with Crippen LogP contribution in [0.4, 0.5) is 0 Å². The summed E-state index contributed by atoms with van der Waals surface area (Å²) in [6, 6.07) is 6.04. The van der Waals surface area contributed by atoms with E-state index in [0.29, 0.717) is 5.56 Å². The molecule has 3 saturated heterocycles. The Bertz CT molecular complexity index is 973. The number of hydrogen-bond donors (Lipinski definition) is 8. The van der Waals surface area contributed by atoms with Gasteiger partial charge in [-0.3, -0.25) is 0 Å². The molecule has 3 aliphatic heterocycles. The number of carbonyl (C=O) groups is 1. The van der Waals surface area contributed by atoms with Crippen molar-refractivity contribution in [3.63, 3.8) is 0 Å². The number of aliphatic hydroxyl groups is 7. The smallest absolute Gasteiger partial charge is 0.330 e. The highest BCUT2D eigenvalue weighted by Crippen LogP contribution is 2.29. The molecular weight excluding hydrogens is 528 g/mol. The summed E-state index contributed by atoms with van der Waals surface area (Å²) in [5.41, 5.74) is 0.626. The fourth-order valence-corrected chi connectivity index (χ4v) is 4.21. The summed E-state index contributed by atoms with van der Waals surface area (Å²) in [4.78, 5) is 12.0. The molecule has 0 spiro atoms. The van der Waals surface area contributed by atoms with E-state index < -0.39 is 86.4 Å². The van der Waals surface area contributed by atoms with Crippen molar-refractivity contribution < 1.29 is 74.1 Å². The van der Waals surface area contributed by atoms with E-state index in [9.17, 15) is 45.6 Å². The summed E-state index contributed by atoms with van der Waals surface area (Å²) in [6.07, 6.45) is -15.4. The van der Waals surface area contributed by atoms with Gasteiger partial charge in [0.25, 0.3) is 0 Å². The van der Waals surface area contributed by atoms with Gasteiger partial charge in [0, 0.05) is 6.08 Å². The van der Waals surface area contributed by atoms with Crippen molar-refractivity contribution in [2.75, 3.05) is 19.8 Å². The average molecular weight is 561 g/mol. The van der Waals surface area contributed by atoms with Crippen molar-refractivity contribution in [2.24, 2.45) is 0 Å². The van der Waals surface area contributed by atoms with Gasteiger partial charge < -0.3 is 69.3 Å². The van der Waals surface area contributed by atoms with E-state index in [1.807, 2.05) is 0 Å². The Labute approximate surface area is 221 Å². The second kappa shape index (κ2) is 12.9. The third-order valence-electron chi connectivity index (χ3n) is 6.49. The van der Waals surface area contributed by atoms with Gasteiger partial charge in [-0.1, -0.05) is 12.1 Å². The summed E-state index contributed by atoms with van der Waals surface area (Å²) in [6.45, 7) is -1.17. The Morgan fingerprint density at radius 1 is 0.846 bits per heavy atom. The molecule has 0 amide bonds. The Kier molecular flexibility index (Phi) is 9.87. The number of benzene rings is 1. The highest BCUT2D eigenvalue weighted by Gasteiger charge is 2.50. The third kappa shape index (κ3) is 7.10. The number of carbonyl (C=O) groups excluding carboxylic acids is 1. The Balaban J connectivity index is 1.29. The lowest BCUT2D eigenvalue weighted by molar-refractivity contribution is -0.338. The number of aliphatic hydroxyl groups excluding tert-OH is 7. The third-order valence-corrected chi connectivity index (χ3v) is 6.49. The van der Waals surface area contributed by atoms with E-state index in [1.165, 1.54) is 18.2 Å². The van der Waals surface area contributed by atoms with E-state index in [4.69, 9.17) is 28.4 Å². The lowest BCUT2D eigenvalue weighted by Crippen LogP contribution is -2.60. The SMILES string of the molecule is O=C(/C=C/c1ccc(O)cc1)OC[C@@H]1O[C@@H](O[C@@H]2[C@@H](O)[C@H](O[C@@H]3CO[C@H](O)[C@H](O)[C@H]3O)OC[C@H]2O)[C@H](O)[C@H]1O. The lowest BCUT2D eigenvalue weighted by Gasteiger charge is -2.42. The fourth-order valence-electron chi connectivity index (χ4n) is 4.21. The van der Waals surface area contributed by atoms with Crippen molar-refractivity contribution in [1.29, 1.82) is 0 Å². The molecule has 8 N–H and O–H groups in total. The predicted octanol–water partition coefficient (Wildman–Crippen LogP) is -3.69. The molecular formula is C24H32O15. The maximum Gasteiger partial charge on any atom is 0.330 e. The van der Waals surface area contributed by atoms with Crippen molar-refractivity contribution in [3.8, 4) is 5.75 Å². The Hall–Kier alpha value is -2.25. The van der Waals surface area contributed by atoms with Crippen LogP contribution in [-0.4, -0.2) is 140 Å². The molecule has 0 radical (unpaired) electrons. The van der Waals surface area contributed by atoms with Crippen LogP contribution in [0.1, 0.15) is 5.56 Å². The fraction of sp³-hybridized carbons (Fsp3) is 0.625. The van der Waals surface area contributed by atoms with Crippen molar-refractivity contribution >= 4 is 12.0 Å². The molecule has 3 heterocycles. The maximum atomic E-state index is 12.0. The molecule has 12 atom stereocenters. The predicted molar refractivity (Wildman–Crippen MR) is 124 cm³/mol. The van der Waals surface area contributed by atoms with Crippen molar-refractivity contribution in [2.45, 2.75) is 73.8 Å². The number of hydrogen-bond acceptors (Lipinski definition) is 15. The summed E-state index contributed by atoms with van der Waals surface area (Å²) in [5, 5.41) is 80.3. The van der Waals surface area contributed by atoms with Gasteiger partial charge in [-0.05, 0) is 23.8 Å². The minimum atomic E-state index is -1.68. The van der Waals surface area contributed by atoms with Crippen LogP contribution in [0.3, 0.4) is 0 Å². The van der Waals surface area contributed by atoms with Crippen molar-refractivity contribution in [3.05, 3.63) is 35.9 Å². The second-order valence-electron chi connectivity index (χ2n) is 9.32. The van der Waals surface area contributed by atoms with Gasteiger partial charge in [-0.15, -0.1) is 0 Å². The highest BCUT2D eigenvalue weighted by molar-refractivity contribution is 5.87. The van der Waals surface area contributed by atoms with Crippen LogP contribution in [-0.2, 0) is 33.2 Å². The largest absolute Gasteiger partial charge is 0.508 e. The lowest BCUT2D eigenvalue weighted by atomic mass is 10.0. The number of ether oxygens (including phenoxy) is 6. The molecule has 0 unspecified atom stereocenters. The van der Waals surface area contributed by atoms with Gasteiger partial charge in [0.05, 0.1) is 13.2 Å². The molecule has 0 bridgehead atoms. The first-order chi connectivity index (χ1) is 18.5. The molecule has 3 fully saturated rings. The summed E-state index contributed by atoms with van der Waals surface area (Å²) >= 11 is 0. The number of aromatic hydroxyl groups is 1. The Morgan fingerprint density at radius 2 is 1.56 bits per heavy atom. The normalized spacial score (nSPS) is 41.1. The minimum Gasteiger partial charge on any atom is -0.508 e. The van der Waals surface area contributed by atoms with Crippen LogP contribution < -0.4 is 0 Å². The number of rotatable bonds is 8. The highest BCUT2D eigenvalue weighted by atomic mass is 16.7. The van der Waals surface area contributed by atoms with Gasteiger partial charge in [0.2, 0.25) is 0 Å². The zero-order valence-electron chi connectivity index (χ0n) is 20.4. The van der Waals surface area contributed by atoms with Gasteiger partial charge in [-0.25, -0.2) is 4.79 Å². The molecule has 39 heavy (non-hydrogen) atoms. The molecule has 15 nitrogen and oxygen atoms in total. The monoisotopic (exact) mass is 560 g/mol. The van der Waals surface area contributed by atoms with Crippen LogP contribution in [0, 0.1) is 0 Å². The average Bonchev–Trinajstić information content (AvgIpc) is 3.18. The molecule has 15 heteroatoms. The Morgan fingerprint density at radius 3 is 2.28 bits per heavy atom. The molecule has 0 aromatic heterocycles. The van der Waals surface area contributed by atoms with Gasteiger partial charge in [-0.2, -0.15) is 0 Å². The van der Waals surface area contributed by atoms with E-state index in [-0.39, 0.29) is 19.0 Å².